The number of phenolic OH excluding ortho intramolecular Hbond substituents is 1. The van der Waals surface area contributed by atoms with E-state index in [2.05, 4.69) is 10.1 Å². The molecule has 0 spiro atoms. The van der Waals surface area contributed by atoms with Gasteiger partial charge in [-0.25, -0.2) is 4.79 Å². The molecule has 0 aliphatic rings. The summed E-state index contributed by atoms with van der Waals surface area (Å²) < 4.78 is 4.62. The van der Waals surface area contributed by atoms with E-state index in [9.17, 15) is 4.79 Å². The van der Waals surface area contributed by atoms with Gasteiger partial charge in [-0.2, -0.15) is 0 Å². The van der Waals surface area contributed by atoms with Crippen molar-refractivity contribution in [1.82, 2.24) is 0 Å². The van der Waals surface area contributed by atoms with E-state index in [4.69, 9.17) is 10.2 Å². The number of aliphatic hydroxyl groups excluding tert-OH is 1. The number of aryl methyl sites for hydroxylation is 1. The average molecular weight is 211 g/mol. The van der Waals surface area contributed by atoms with Crippen LogP contribution in [0, 0.1) is 6.92 Å². The Labute approximate surface area is 87.3 Å². The van der Waals surface area contributed by atoms with E-state index in [1.165, 1.54) is 12.1 Å². The number of amides is 1. The van der Waals surface area contributed by atoms with Gasteiger partial charge in [-0.15, -0.1) is 0 Å². The highest BCUT2D eigenvalue weighted by molar-refractivity contribution is 5.85. The second-order valence-electron chi connectivity index (χ2n) is 2.98. The van der Waals surface area contributed by atoms with Gasteiger partial charge in [-0.3, -0.25) is 5.32 Å². The first-order chi connectivity index (χ1) is 7.13. The summed E-state index contributed by atoms with van der Waals surface area (Å²) in [6, 6.07) is 4.57. The van der Waals surface area contributed by atoms with Crippen molar-refractivity contribution in [1.29, 1.82) is 0 Å². The highest BCUT2D eigenvalue weighted by Crippen LogP contribution is 2.19. The Morgan fingerprint density at radius 1 is 1.53 bits per heavy atom. The van der Waals surface area contributed by atoms with Crippen LogP contribution in [0.2, 0.25) is 0 Å². The van der Waals surface area contributed by atoms with Crippen LogP contribution < -0.4 is 5.32 Å². The van der Waals surface area contributed by atoms with E-state index < -0.39 is 6.09 Å². The van der Waals surface area contributed by atoms with Crippen molar-refractivity contribution in [3.63, 3.8) is 0 Å². The summed E-state index contributed by atoms with van der Waals surface area (Å²) in [6.07, 6.45) is -0.627. The zero-order valence-corrected chi connectivity index (χ0v) is 8.36. The molecule has 82 valence electrons. The molecule has 0 atom stereocenters. The van der Waals surface area contributed by atoms with Crippen LogP contribution in [0.1, 0.15) is 5.56 Å². The van der Waals surface area contributed by atoms with Gasteiger partial charge in [0, 0.05) is 5.69 Å². The molecule has 0 aliphatic carbocycles. The maximum Gasteiger partial charge on any atom is 0.411 e. The molecule has 15 heavy (non-hydrogen) atoms. The van der Waals surface area contributed by atoms with Gasteiger partial charge in [0.25, 0.3) is 0 Å². The summed E-state index contributed by atoms with van der Waals surface area (Å²) in [7, 11) is 0. The molecular formula is C10H13NO4. The van der Waals surface area contributed by atoms with Crippen molar-refractivity contribution in [2.45, 2.75) is 6.92 Å². The summed E-state index contributed by atoms with van der Waals surface area (Å²) in [4.78, 5) is 11.1. The van der Waals surface area contributed by atoms with Gasteiger partial charge < -0.3 is 14.9 Å². The number of carbonyl (C=O) groups excluding carboxylic acids is 1. The SMILES string of the molecule is Cc1cc(O)ccc1NC(=O)OCCO. The second kappa shape index (κ2) is 5.21. The van der Waals surface area contributed by atoms with Crippen LogP contribution in [-0.2, 0) is 4.74 Å². The second-order valence-corrected chi connectivity index (χ2v) is 2.98. The smallest absolute Gasteiger partial charge is 0.411 e. The number of hydrogen-bond donors (Lipinski definition) is 3. The molecule has 1 rings (SSSR count). The summed E-state index contributed by atoms with van der Waals surface area (Å²) >= 11 is 0. The van der Waals surface area contributed by atoms with Crippen LogP contribution in [-0.4, -0.2) is 29.5 Å². The number of aliphatic hydroxyl groups is 1. The van der Waals surface area contributed by atoms with Crippen molar-refractivity contribution in [3.05, 3.63) is 23.8 Å². The van der Waals surface area contributed by atoms with E-state index in [0.717, 1.165) is 5.56 Å². The molecule has 0 radical (unpaired) electrons. The van der Waals surface area contributed by atoms with Crippen molar-refractivity contribution in [3.8, 4) is 5.75 Å². The third-order valence-electron chi connectivity index (χ3n) is 1.77. The molecule has 0 aromatic heterocycles. The highest BCUT2D eigenvalue weighted by atomic mass is 16.6. The monoisotopic (exact) mass is 211 g/mol. The molecule has 0 bridgehead atoms. The molecule has 3 N–H and O–H groups in total. The fourth-order valence-electron chi connectivity index (χ4n) is 1.07. The molecule has 1 amide bonds. The molecule has 0 fully saturated rings. The van der Waals surface area contributed by atoms with Gasteiger partial charge in [0.2, 0.25) is 0 Å². The predicted molar refractivity (Wildman–Crippen MR) is 54.9 cm³/mol. The fraction of sp³-hybridized carbons (Fsp3) is 0.300. The number of nitrogens with one attached hydrogen (secondary N) is 1. The van der Waals surface area contributed by atoms with E-state index in [-0.39, 0.29) is 19.0 Å². The van der Waals surface area contributed by atoms with Gasteiger partial charge in [0.05, 0.1) is 6.61 Å². The lowest BCUT2D eigenvalue weighted by atomic mass is 10.2. The Morgan fingerprint density at radius 2 is 2.27 bits per heavy atom. The molecular weight excluding hydrogens is 198 g/mol. The van der Waals surface area contributed by atoms with Crippen LogP contribution >= 0.6 is 0 Å². The minimum atomic E-state index is -0.627. The lowest BCUT2D eigenvalue weighted by molar-refractivity contribution is 0.131. The lowest BCUT2D eigenvalue weighted by Crippen LogP contribution is -2.16. The van der Waals surface area contributed by atoms with Gasteiger partial charge in [-0.05, 0) is 30.7 Å². The van der Waals surface area contributed by atoms with Crippen molar-refractivity contribution >= 4 is 11.8 Å². The largest absolute Gasteiger partial charge is 0.508 e. The first-order valence-electron chi connectivity index (χ1n) is 4.47. The first kappa shape index (κ1) is 11.3. The van der Waals surface area contributed by atoms with E-state index in [1.807, 2.05) is 0 Å². The Hall–Kier alpha value is -1.75. The molecule has 0 unspecified atom stereocenters. The topological polar surface area (TPSA) is 78.8 Å². The number of anilines is 1. The molecule has 0 heterocycles. The molecule has 5 nitrogen and oxygen atoms in total. The Bertz CT molecular complexity index is 351. The Morgan fingerprint density at radius 3 is 2.87 bits per heavy atom. The number of ether oxygens (including phenoxy) is 1. The Kier molecular flexibility index (Phi) is 3.93. The molecule has 0 saturated heterocycles. The fourth-order valence-corrected chi connectivity index (χ4v) is 1.07. The number of benzene rings is 1. The number of aromatic hydroxyl groups is 1. The average Bonchev–Trinajstić information content (AvgIpc) is 2.19. The van der Waals surface area contributed by atoms with Gasteiger partial charge in [0.1, 0.15) is 12.4 Å². The quantitative estimate of drug-likeness (QED) is 0.657. The highest BCUT2D eigenvalue weighted by Gasteiger charge is 2.05. The maximum atomic E-state index is 11.1. The molecule has 0 aliphatic heterocycles. The maximum absolute atomic E-state index is 11.1. The number of phenols is 1. The van der Waals surface area contributed by atoms with Crippen molar-refractivity contribution < 1.29 is 19.7 Å². The number of rotatable bonds is 3. The molecule has 5 heteroatoms. The standard InChI is InChI=1S/C10H13NO4/c1-7-6-8(13)2-3-9(7)11-10(14)15-5-4-12/h2-3,6,12-13H,4-5H2,1H3,(H,11,14). The lowest BCUT2D eigenvalue weighted by Gasteiger charge is -2.08. The van der Waals surface area contributed by atoms with Gasteiger partial charge in [0.15, 0.2) is 0 Å². The first-order valence-corrected chi connectivity index (χ1v) is 4.47. The minimum Gasteiger partial charge on any atom is -0.508 e. The van der Waals surface area contributed by atoms with Crippen LogP contribution in [0.3, 0.4) is 0 Å². The predicted octanol–water partition coefficient (Wildman–Crippen LogP) is 1.24. The minimum absolute atomic E-state index is 0.0387. The van der Waals surface area contributed by atoms with Gasteiger partial charge >= 0.3 is 6.09 Å². The van der Waals surface area contributed by atoms with Crippen LogP contribution in [0.4, 0.5) is 10.5 Å². The van der Waals surface area contributed by atoms with E-state index in [1.54, 1.807) is 13.0 Å². The zero-order valence-electron chi connectivity index (χ0n) is 8.36. The zero-order chi connectivity index (χ0) is 11.3. The Balaban J connectivity index is 2.60. The summed E-state index contributed by atoms with van der Waals surface area (Å²) in [6.45, 7) is 1.51. The summed E-state index contributed by atoms with van der Waals surface area (Å²) in [5.74, 6) is 0.141. The van der Waals surface area contributed by atoms with Crippen LogP contribution in [0.25, 0.3) is 0 Å². The van der Waals surface area contributed by atoms with E-state index in [0.29, 0.717) is 5.69 Å². The summed E-state index contributed by atoms with van der Waals surface area (Å²) in [5.41, 5.74) is 1.30. The van der Waals surface area contributed by atoms with Crippen LogP contribution in [0.15, 0.2) is 18.2 Å². The molecule has 1 aromatic carbocycles. The number of hydrogen-bond acceptors (Lipinski definition) is 4. The number of carbonyl (C=O) groups is 1. The molecule has 0 saturated carbocycles. The summed E-state index contributed by atoms with van der Waals surface area (Å²) in [5, 5.41) is 20.1. The normalized spacial score (nSPS) is 9.73. The van der Waals surface area contributed by atoms with Gasteiger partial charge in [-0.1, -0.05) is 0 Å². The van der Waals surface area contributed by atoms with Crippen LogP contribution in [0.5, 0.6) is 5.75 Å². The van der Waals surface area contributed by atoms with E-state index >= 15 is 0 Å². The third kappa shape index (κ3) is 3.47. The third-order valence-corrected chi connectivity index (χ3v) is 1.77. The molecule has 1 aromatic rings. The van der Waals surface area contributed by atoms with Crippen molar-refractivity contribution in [2.75, 3.05) is 18.5 Å². The van der Waals surface area contributed by atoms with Crippen molar-refractivity contribution in [2.24, 2.45) is 0 Å².